The van der Waals surface area contributed by atoms with Crippen LogP contribution in [-0.2, 0) is 17.9 Å². The molecule has 2 rings (SSSR count). The van der Waals surface area contributed by atoms with Crippen LogP contribution in [0, 0.1) is 5.92 Å². The van der Waals surface area contributed by atoms with Crippen molar-refractivity contribution in [2.75, 3.05) is 39.8 Å². The van der Waals surface area contributed by atoms with Crippen molar-refractivity contribution in [3.63, 3.8) is 0 Å². The lowest BCUT2D eigenvalue weighted by Gasteiger charge is -2.29. The van der Waals surface area contributed by atoms with Gasteiger partial charge in [0.25, 0.3) is 0 Å². The maximum absolute atomic E-state index is 12.1. The number of hydrogen-bond acceptors (Lipinski definition) is 3. The molecule has 0 unspecified atom stereocenters. The first-order valence-electron chi connectivity index (χ1n) is 10.3. The Balaban J connectivity index is 0.00000450. The fourth-order valence-corrected chi connectivity index (χ4v) is 3.28. The van der Waals surface area contributed by atoms with E-state index in [1.54, 1.807) is 12.1 Å². The van der Waals surface area contributed by atoms with Crippen LogP contribution in [0.3, 0.4) is 0 Å². The van der Waals surface area contributed by atoms with Gasteiger partial charge in [-0.25, -0.2) is 4.99 Å². The summed E-state index contributed by atoms with van der Waals surface area (Å²) in [6.07, 6.45) is -0.641. The van der Waals surface area contributed by atoms with Crippen LogP contribution in [0.25, 0.3) is 0 Å². The van der Waals surface area contributed by atoms with Gasteiger partial charge in [-0.15, -0.1) is 24.0 Å². The molecular formula is C21H34F3IN4O. The van der Waals surface area contributed by atoms with E-state index in [1.807, 2.05) is 19.1 Å². The summed E-state index contributed by atoms with van der Waals surface area (Å²) in [5.41, 5.74) is 1.71. The quantitative estimate of drug-likeness (QED) is 0.280. The van der Waals surface area contributed by atoms with E-state index in [2.05, 4.69) is 32.3 Å². The number of hydrogen-bond donors (Lipinski definition) is 2. The van der Waals surface area contributed by atoms with E-state index in [0.717, 1.165) is 37.0 Å². The van der Waals surface area contributed by atoms with Crippen LogP contribution in [0.1, 0.15) is 37.3 Å². The molecule has 0 amide bonds. The van der Waals surface area contributed by atoms with Gasteiger partial charge in [0.05, 0.1) is 13.2 Å². The first kappa shape index (κ1) is 27.0. The van der Waals surface area contributed by atoms with Crippen LogP contribution in [0.2, 0.25) is 0 Å². The fraction of sp³-hybridized carbons (Fsp3) is 0.667. The van der Waals surface area contributed by atoms with Crippen LogP contribution >= 0.6 is 24.0 Å². The van der Waals surface area contributed by atoms with E-state index in [4.69, 9.17) is 0 Å². The van der Waals surface area contributed by atoms with Crippen molar-refractivity contribution in [3.8, 4) is 0 Å². The van der Waals surface area contributed by atoms with E-state index in [1.165, 1.54) is 25.9 Å². The molecule has 0 aliphatic carbocycles. The highest BCUT2D eigenvalue weighted by atomic mass is 127. The molecule has 9 heteroatoms. The van der Waals surface area contributed by atoms with Gasteiger partial charge in [0.1, 0.15) is 6.61 Å². The number of piperidine rings is 1. The van der Waals surface area contributed by atoms with Gasteiger partial charge >= 0.3 is 6.18 Å². The van der Waals surface area contributed by atoms with Crippen molar-refractivity contribution in [1.82, 2.24) is 15.5 Å². The number of halogens is 4. The normalized spacial score (nSPS) is 16.2. The van der Waals surface area contributed by atoms with Crippen molar-refractivity contribution in [3.05, 3.63) is 35.4 Å². The van der Waals surface area contributed by atoms with Gasteiger partial charge in [0, 0.05) is 13.1 Å². The number of nitrogens with one attached hydrogen (secondary N) is 2. The first-order valence-corrected chi connectivity index (χ1v) is 10.3. The topological polar surface area (TPSA) is 48.9 Å². The standard InChI is InChI=1S/C21H33F3N4O.HI/c1-3-25-20(26-11-8-17-9-12-28(2)13-10-17)27-14-18-4-6-19(7-5-18)15-29-16-21(22,23)24;/h4-7,17H,3,8-16H2,1-2H3,(H2,25,26,27);1H. The average molecular weight is 542 g/mol. The second-order valence-corrected chi connectivity index (χ2v) is 7.58. The molecule has 1 fully saturated rings. The Morgan fingerprint density at radius 3 is 2.37 bits per heavy atom. The molecule has 0 saturated carbocycles. The van der Waals surface area contributed by atoms with E-state index < -0.39 is 12.8 Å². The Labute approximate surface area is 194 Å². The van der Waals surface area contributed by atoms with Crippen LogP contribution in [0.5, 0.6) is 0 Å². The molecule has 0 radical (unpaired) electrons. The van der Waals surface area contributed by atoms with E-state index in [0.29, 0.717) is 12.1 Å². The summed E-state index contributed by atoms with van der Waals surface area (Å²) in [6, 6.07) is 7.30. The predicted octanol–water partition coefficient (Wildman–Crippen LogP) is 4.17. The summed E-state index contributed by atoms with van der Waals surface area (Å²) in [4.78, 5) is 6.99. The van der Waals surface area contributed by atoms with Crippen molar-refractivity contribution < 1.29 is 17.9 Å². The zero-order chi connectivity index (χ0) is 21.1. The predicted molar refractivity (Wildman–Crippen MR) is 125 cm³/mol. The number of rotatable bonds is 9. The van der Waals surface area contributed by atoms with Gasteiger partial charge in [-0.3, -0.25) is 0 Å². The summed E-state index contributed by atoms with van der Waals surface area (Å²) >= 11 is 0. The van der Waals surface area contributed by atoms with Crippen molar-refractivity contribution in [1.29, 1.82) is 0 Å². The fourth-order valence-electron chi connectivity index (χ4n) is 3.28. The number of likely N-dealkylation sites (tertiary alicyclic amines) is 1. The monoisotopic (exact) mass is 542 g/mol. The Morgan fingerprint density at radius 2 is 1.77 bits per heavy atom. The molecule has 0 atom stereocenters. The second-order valence-electron chi connectivity index (χ2n) is 7.58. The molecule has 1 saturated heterocycles. The van der Waals surface area contributed by atoms with Gasteiger partial charge in [-0.05, 0) is 63.4 Å². The zero-order valence-electron chi connectivity index (χ0n) is 17.8. The molecule has 0 bridgehead atoms. The molecule has 172 valence electrons. The number of aliphatic imine (C=N–C) groups is 1. The summed E-state index contributed by atoms with van der Waals surface area (Å²) in [5, 5.41) is 6.66. The Morgan fingerprint density at radius 1 is 1.13 bits per heavy atom. The molecular weight excluding hydrogens is 508 g/mol. The van der Waals surface area contributed by atoms with Gasteiger partial charge in [0.15, 0.2) is 5.96 Å². The number of ether oxygens (including phenoxy) is 1. The van der Waals surface area contributed by atoms with Gasteiger partial charge in [0.2, 0.25) is 0 Å². The van der Waals surface area contributed by atoms with E-state index in [-0.39, 0.29) is 30.6 Å². The summed E-state index contributed by atoms with van der Waals surface area (Å²) < 4.78 is 41.0. The molecule has 30 heavy (non-hydrogen) atoms. The third-order valence-corrected chi connectivity index (χ3v) is 5.00. The number of guanidine groups is 1. The molecule has 0 spiro atoms. The Kier molecular flexibility index (Phi) is 12.7. The van der Waals surface area contributed by atoms with E-state index in [9.17, 15) is 13.2 Å². The van der Waals surface area contributed by atoms with Gasteiger partial charge < -0.3 is 20.3 Å². The largest absolute Gasteiger partial charge is 0.411 e. The third kappa shape index (κ3) is 11.4. The SMILES string of the molecule is CCNC(=NCc1ccc(COCC(F)(F)F)cc1)NCCC1CCN(C)CC1.I. The van der Waals surface area contributed by atoms with Gasteiger partial charge in [-0.1, -0.05) is 24.3 Å². The maximum atomic E-state index is 12.1. The molecule has 2 N–H and O–H groups in total. The lowest BCUT2D eigenvalue weighted by atomic mass is 9.94. The highest BCUT2D eigenvalue weighted by molar-refractivity contribution is 14.0. The minimum absolute atomic E-state index is 0. The molecule has 1 heterocycles. The van der Waals surface area contributed by atoms with Crippen LogP contribution in [0.4, 0.5) is 13.2 Å². The second kappa shape index (κ2) is 14.1. The van der Waals surface area contributed by atoms with Crippen molar-refractivity contribution >= 4 is 29.9 Å². The minimum Gasteiger partial charge on any atom is -0.367 e. The first-order chi connectivity index (χ1) is 13.9. The molecule has 1 aliphatic heterocycles. The van der Waals surface area contributed by atoms with E-state index >= 15 is 0 Å². The van der Waals surface area contributed by atoms with Crippen LogP contribution < -0.4 is 10.6 Å². The molecule has 1 aromatic carbocycles. The highest BCUT2D eigenvalue weighted by Crippen LogP contribution is 2.18. The van der Waals surface area contributed by atoms with Crippen molar-refractivity contribution in [2.45, 2.75) is 45.5 Å². The smallest absolute Gasteiger partial charge is 0.367 e. The lowest BCUT2D eigenvalue weighted by Crippen LogP contribution is -2.39. The maximum Gasteiger partial charge on any atom is 0.411 e. The average Bonchev–Trinajstić information content (AvgIpc) is 2.68. The Hall–Kier alpha value is -1.07. The van der Waals surface area contributed by atoms with Crippen LogP contribution in [0.15, 0.2) is 29.3 Å². The number of alkyl halides is 3. The summed E-state index contributed by atoms with van der Waals surface area (Å²) in [7, 11) is 2.17. The minimum atomic E-state index is -4.29. The zero-order valence-corrected chi connectivity index (χ0v) is 20.1. The third-order valence-electron chi connectivity index (χ3n) is 5.00. The lowest BCUT2D eigenvalue weighted by molar-refractivity contribution is -0.176. The summed E-state index contributed by atoms with van der Waals surface area (Å²) in [5.74, 6) is 1.56. The Bertz CT molecular complexity index is 618. The summed E-state index contributed by atoms with van der Waals surface area (Å²) in [6.45, 7) is 5.30. The van der Waals surface area contributed by atoms with Crippen molar-refractivity contribution in [2.24, 2.45) is 10.9 Å². The number of nitrogens with zero attached hydrogens (tertiary/aromatic N) is 2. The number of benzene rings is 1. The molecule has 0 aromatic heterocycles. The molecule has 5 nitrogen and oxygen atoms in total. The van der Waals surface area contributed by atoms with Crippen LogP contribution in [-0.4, -0.2) is 56.9 Å². The molecule has 1 aliphatic rings. The highest BCUT2D eigenvalue weighted by Gasteiger charge is 2.27. The van der Waals surface area contributed by atoms with Gasteiger partial charge in [-0.2, -0.15) is 13.2 Å². The molecule has 1 aromatic rings.